The van der Waals surface area contributed by atoms with Crippen molar-refractivity contribution in [3.63, 3.8) is 0 Å². The number of benzene rings is 1. The molecule has 0 radical (unpaired) electrons. The van der Waals surface area contributed by atoms with Crippen LogP contribution in [-0.4, -0.2) is 18.4 Å². The molecule has 0 aliphatic heterocycles. The fourth-order valence-corrected chi connectivity index (χ4v) is 2.39. The van der Waals surface area contributed by atoms with Gasteiger partial charge in [-0.3, -0.25) is 0 Å². The second kappa shape index (κ2) is 5.14. The van der Waals surface area contributed by atoms with Crippen LogP contribution in [0.3, 0.4) is 0 Å². The standard InChI is InChI=1S/C12H13N3O2S/c1-2-10-4-6-11(7-5-10)18(16,17)15-12-13-8-3-9-14-12/h3-9H,2H2,1H3,(H,13,14,15). The molecule has 1 N–H and O–H groups in total. The van der Waals surface area contributed by atoms with Gasteiger partial charge in [-0.1, -0.05) is 19.1 Å². The van der Waals surface area contributed by atoms with Gasteiger partial charge >= 0.3 is 0 Å². The molecule has 0 fully saturated rings. The Labute approximate surface area is 106 Å². The molecule has 94 valence electrons. The van der Waals surface area contributed by atoms with Gasteiger partial charge in [0.25, 0.3) is 10.0 Å². The van der Waals surface area contributed by atoms with Gasteiger partial charge in [-0.15, -0.1) is 0 Å². The minimum absolute atomic E-state index is 0.0667. The van der Waals surface area contributed by atoms with E-state index in [1.54, 1.807) is 30.3 Å². The van der Waals surface area contributed by atoms with E-state index < -0.39 is 10.0 Å². The monoisotopic (exact) mass is 263 g/mol. The molecular formula is C12H13N3O2S. The smallest absolute Gasteiger partial charge is 0.247 e. The molecule has 0 aliphatic rings. The first-order chi connectivity index (χ1) is 8.62. The molecular weight excluding hydrogens is 250 g/mol. The molecule has 0 aliphatic carbocycles. The molecule has 0 unspecified atom stereocenters. The first-order valence-electron chi connectivity index (χ1n) is 5.50. The maximum atomic E-state index is 12.0. The van der Waals surface area contributed by atoms with E-state index in [1.165, 1.54) is 12.4 Å². The molecule has 2 aromatic rings. The number of hydrogen-bond acceptors (Lipinski definition) is 4. The highest BCUT2D eigenvalue weighted by atomic mass is 32.2. The van der Waals surface area contributed by atoms with Crippen LogP contribution < -0.4 is 4.72 Å². The van der Waals surface area contributed by atoms with E-state index in [9.17, 15) is 8.42 Å². The Morgan fingerprint density at radius 1 is 1.11 bits per heavy atom. The van der Waals surface area contributed by atoms with Crippen LogP contribution in [0.1, 0.15) is 12.5 Å². The molecule has 1 aromatic carbocycles. The van der Waals surface area contributed by atoms with Gasteiger partial charge in [0.1, 0.15) is 0 Å². The summed E-state index contributed by atoms with van der Waals surface area (Å²) in [6, 6.07) is 8.35. The molecule has 0 spiro atoms. The molecule has 0 amide bonds. The average molecular weight is 263 g/mol. The van der Waals surface area contributed by atoms with Gasteiger partial charge in [0.15, 0.2) is 0 Å². The lowest BCUT2D eigenvalue weighted by atomic mass is 10.2. The van der Waals surface area contributed by atoms with E-state index in [2.05, 4.69) is 14.7 Å². The van der Waals surface area contributed by atoms with Gasteiger partial charge in [0.05, 0.1) is 4.90 Å². The van der Waals surface area contributed by atoms with Crippen LogP contribution in [0.25, 0.3) is 0 Å². The van der Waals surface area contributed by atoms with E-state index in [-0.39, 0.29) is 10.8 Å². The van der Waals surface area contributed by atoms with E-state index in [0.29, 0.717) is 0 Å². The molecule has 18 heavy (non-hydrogen) atoms. The number of rotatable bonds is 4. The molecule has 1 heterocycles. The first-order valence-corrected chi connectivity index (χ1v) is 6.99. The van der Waals surface area contributed by atoms with Crippen molar-refractivity contribution in [2.45, 2.75) is 18.2 Å². The maximum Gasteiger partial charge on any atom is 0.264 e. The van der Waals surface area contributed by atoms with Crippen molar-refractivity contribution in [3.8, 4) is 0 Å². The van der Waals surface area contributed by atoms with Gasteiger partial charge in [-0.2, -0.15) is 0 Å². The summed E-state index contributed by atoms with van der Waals surface area (Å²) in [5.74, 6) is 0.0667. The Hall–Kier alpha value is -1.95. The van der Waals surface area contributed by atoms with Gasteiger partial charge in [-0.05, 0) is 30.2 Å². The number of hydrogen-bond donors (Lipinski definition) is 1. The Morgan fingerprint density at radius 3 is 2.28 bits per heavy atom. The Kier molecular flexibility index (Phi) is 3.57. The van der Waals surface area contributed by atoms with Crippen molar-refractivity contribution < 1.29 is 8.42 Å². The van der Waals surface area contributed by atoms with Gasteiger partial charge in [0.2, 0.25) is 5.95 Å². The predicted molar refractivity (Wildman–Crippen MR) is 68.7 cm³/mol. The van der Waals surface area contributed by atoms with Crippen molar-refractivity contribution in [1.82, 2.24) is 9.97 Å². The highest BCUT2D eigenvalue weighted by Gasteiger charge is 2.14. The normalized spacial score (nSPS) is 11.2. The highest BCUT2D eigenvalue weighted by molar-refractivity contribution is 7.92. The molecule has 0 bridgehead atoms. The zero-order chi connectivity index (χ0) is 13.0. The van der Waals surface area contributed by atoms with Crippen molar-refractivity contribution in [3.05, 3.63) is 48.3 Å². The quantitative estimate of drug-likeness (QED) is 0.913. The van der Waals surface area contributed by atoms with Crippen molar-refractivity contribution in [2.75, 3.05) is 4.72 Å². The minimum Gasteiger partial charge on any atom is -0.247 e. The van der Waals surface area contributed by atoms with Crippen LogP contribution in [0, 0.1) is 0 Å². The predicted octanol–water partition coefficient (Wildman–Crippen LogP) is 1.84. The topological polar surface area (TPSA) is 72.0 Å². The summed E-state index contributed by atoms with van der Waals surface area (Å²) in [7, 11) is -3.61. The summed E-state index contributed by atoms with van der Waals surface area (Å²) in [4.78, 5) is 7.84. The molecule has 5 nitrogen and oxygen atoms in total. The molecule has 6 heteroatoms. The van der Waals surface area contributed by atoms with Crippen LogP contribution >= 0.6 is 0 Å². The molecule has 0 saturated carbocycles. The van der Waals surface area contributed by atoms with E-state index in [4.69, 9.17) is 0 Å². The highest BCUT2D eigenvalue weighted by Crippen LogP contribution is 2.13. The second-order valence-electron chi connectivity index (χ2n) is 3.68. The molecule has 1 aromatic heterocycles. The lowest BCUT2D eigenvalue weighted by Gasteiger charge is -2.06. The zero-order valence-corrected chi connectivity index (χ0v) is 10.7. The number of aromatic nitrogens is 2. The Balaban J connectivity index is 2.25. The first kappa shape index (κ1) is 12.5. The van der Waals surface area contributed by atoms with Gasteiger partial charge in [-0.25, -0.2) is 23.1 Å². The van der Waals surface area contributed by atoms with Crippen LogP contribution in [0.4, 0.5) is 5.95 Å². The Bertz CT molecular complexity index is 610. The summed E-state index contributed by atoms with van der Waals surface area (Å²) in [6.07, 6.45) is 3.83. The third-order valence-electron chi connectivity index (χ3n) is 2.43. The lowest BCUT2D eigenvalue weighted by molar-refractivity contribution is 0.600. The van der Waals surface area contributed by atoms with Gasteiger partial charge in [0, 0.05) is 12.4 Å². The summed E-state index contributed by atoms with van der Waals surface area (Å²) in [6.45, 7) is 2.01. The SMILES string of the molecule is CCc1ccc(S(=O)(=O)Nc2ncccn2)cc1. The molecule has 0 saturated heterocycles. The summed E-state index contributed by atoms with van der Waals surface area (Å²) in [5, 5.41) is 0. The van der Waals surface area contributed by atoms with Gasteiger partial charge < -0.3 is 0 Å². The average Bonchev–Trinajstić information content (AvgIpc) is 2.39. The van der Waals surface area contributed by atoms with Crippen LogP contribution in [0.2, 0.25) is 0 Å². The molecule has 2 rings (SSSR count). The number of nitrogens with zero attached hydrogens (tertiary/aromatic N) is 2. The summed E-state index contributed by atoms with van der Waals surface area (Å²) in [5.41, 5.74) is 1.09. The number of sulfonamides is 1. The van der Waals surface area contributed by atoms with Crippen molar-refractivity contribution >= 4 is 16.0 Å². The maximum absolute atomic E-state index is 12.0. The fraction of sp³-hybridized carbons (Fsp3) is 0.167. The van der Waals surface area contributed by atoms with Crippen LogP contribution in [0.5, 0.6) is 0 Å². The number of anilines is 1. The van der Waals surface area contributed by atoms with Crippen LogP contribution in [-0.2, 0) is 16.4 Å². The largest absolute Gasteiger partial charge is 0.264 e. The van der Waals surface area contributed by atoms with Crippen molar-refractivity contribution in [2.24, 2.45) is 0 Å². The number of nitrogens with one attached hydrogen (secondary N) is 1. The van der Waals surface area contributed by atoms with E-state index in [0.717, 1.165) is 12.0 Å². The lowest BCUT2D eigenvalue weighted by Crippen LogP contribution is -2.14. The van der Waals surface area contributed by atoms with Crippen molar-refractivity contribution in [1.29, 1.82) is 0 Å². The minimum atomic E-state index is -3.61. The fourth-order valence-electron chi connectivity index (χ4n) is 1.44. The third kappa shape index (κ3) is 2.84. The van der Waals surface area contributed by atoms with E-state index >= 15 is 0 Å². The summed E-state index contributed by atoms with van der Waals surface area (Å²) >= 11 is 0. The Morgan fingerprint density at radius 2 is 1.72 bits per heavy atom. The zero-order valence-electron chi connectivity index (χ0n) is 9.87. The third-order valence-corrected chi connectivity index (χ3v) is 3.78. The molecule has 0 atom stereocenters. The van der Waals surface area contributed by atoms with Crippen LogP contribution in [0.15, 0.2) is 47.6 Å². The number of aryl methyl sites for hydroxylation is 1. The second-order valence-corrected chi connectivity index (χ2v) is 5.36. The van der Waals surface area contributed by atoms with E-state index in [1.807, 2.05) is 6.92 Å². The summed E-state index contributed by atoms with van der Waals surface area (Å²) < 4.78 is 26.3.